The highest BCUT2D eigenvalue weighted by Gasteiger charge is 2.48. The summed E-state index contributed by atoms with van der Waals surface area (Å²) < 4.78 is 8.45. The fourth-order valence-electron chi connectivity index (χ4n) is 3.73. The van der Waals surface area contributed by atoms with Crippen molar-refractivity contribution in [1.82, 2.24) is 29.9 Å². The summed E-state index contributed by atoms with van der Waals surface area (Å²) >= 11 is 2.27. The minimum atomic E-state index is 0.275. The highest BCUT2D eigenvalue weighted by Crippen LogP contribution is 2.57. The van der Waals surface area contributed by atoms with Crippen LogP contribution in [0.25, 0.3) is 11.0 Å². The summed E-state index contributed by atoms with van der Waals surface area (Å²) in [6.07, 6.45) is 6.95. The molecular weight excluding hydrogens is 457 g/mol. The van der Waals surface area contributed by atoms with Crippen LogP contribution in [-0.4, -0.2) is 43.2 Å². The number of halogens is 1. The molecule has 3 aromatic rings. The van der Waals surface area contributed by atoms with Gasteiger partial charge in [0.15, 0.2) is 5.82 Å². The zero-order valence-electron chi connectivity index (χ0n) is 15.4. The Kier molecular flexibility index (Phi) is 4.12. The molecule has 0 radical (unpaired) electrons. The van der Waals surface area contributed by atoms with Crippen molar-refractivity contribution in [2.24, 2.45) is 5.41 Å². The Balaban J connectivity index is 1.47. The van der Waals surface area contributed by atoms with Crippen LogP contribution in [0.1, 0.15) is 50.9 Å². The maximum atomic E-state index is 5.46. The fraction of sp³-hybridized carbons (Fsp3) is 0.556. The third-order valence-corrected chi connectivity index (χ3v) is 6.44. The summed E-state index contributed by atoms with van der Waals surface area (Å²) in [6.45, 7) is 6.11. The molecule has 2 fully saturated rings. The van der Waals surface area contributed by atoms with Crippen molar-refractivity contribution in [3.63, 3.8) is 0 Å². The molecule has 1 saturated carbocycles. The first kappa shape index (κ1) is 17.4. The van der Waals surface area contributed by atoms with Crippen LogP contribution in [0.15, 0.2) is 12.4 Å². The normalized spacial score (nSPS) is 22.3. The van der Waals surface area contributed by atoms with E-state index in [-0.39, 0.29) is 5.41 Å². The molecule has 2 N–H and O–H groups in total. The van der Waals surface area contributed by atoms with Gasteiger partial charge < -0.3 is 10.1 Å². The monoisotopic (exact) mass is 479 g/mol. The zero-order valence-corrected chi connectivity index (χ0v) is 17.5. The van der Waals surface area contributed by atoms with Gasteiger partial charge in [0.05, 0.1) is 17.9 Å². The van der Waals surface area contributed by atoms with Crippen molar-refractivity contribution in [2.75, 3.05) is 18.5 Å². The molecule has 8 nitrogen and oxygen atoms in total. The van der Waals surface area contributed by atoms with E-state index in [1.165, 1.54) is 0 Å². The average molecular weight is 479 g/mol. The summed E-state index contributed by atoms with van der Waals surface area (Å²) in [5.74, 6) is 2.06. The highest BCUT2D eigenvalue weighted by molar-refractivity contribution is 14.1. The number of ether oxygens (including phenoxy) is 1. The van der Waals surface area contributed by atoms with Crippen molar-refractivity contribution in [3.05, 3.63) is 21.9 Å². The van der Waals surface area contributed by atoms with E-state index in [1.807, 2.05) is 0 Å². The molecule has 1 unspecified atom stereocenters. The zero-order chi connectivity index (χ0) is 18.6. The number of anilines is 2. The Labute approximate surface area is 170 Å². The molecule has 0 bridgehead atoms. The molecule has 1 atom stereocenters. The molecule has 4 heterocycles. The third kappa shape index (κ3) is 3.20. The van der Waals surface area contributed by atoms with Crippen LogP contribution in [0.3, 0.4) is 0 Å². The van der Waals surface area contributed by atoms with Crippen LogP contribution in [0.5, 0.6) is 0 Å². The number of hydrogen-bond donors (Lipinski definition) is 2. The van der Waals surface area contributed by atoms with E-state index >= 15 is 0 Å². The Morgan fingerprint density at radius 1 is 1.30 bits per heavy atom. The summed E-state index contributed by atoms with van der Waals surface area (Å²) in [5.41, 5.74) is 2.90. The second-order valence-electron chi connectivity index (χ2n) is 8.09. The van der Waals surface area contributed by atoms with E-state index in [0.29, 0.717) is 12.0 Å². The van der Waals surface area contributed by atoms with Crippen LogP contribution in [0, 0.1) is 9.12 Å². The van der Waals surface area contributed by atoms with E-state index in [1.54, 1.807) is 6.20 Å². The Hall–Kier alpha value is -1.75. The number of rotatable bonds is 4. The molecule has 5 rings (SSSR count). The Morgan fingerprint density at radius 3 is 2.81 bits per heavy atom. The fourth-order valence-corrected chi connectivity index (χ4v) is 4.25. The Morgan fingerprint density at radius 2 is 2.07 bits per heavy atom. The van der Waals surface area contributed by atoms with Gasteiger partial charge in [-0.25, -0.2) is 9.97 Å². The predicted octanol–water partition coefficient (Wildman–Crippen LogP) is 3.76. The van der Waals surface area contributed by atoms with Crippen molar-refractivity contribution >= 4 is 45.1 Å². The summed E-state index contributed by atoms with van der Waals surface area (Å²) in [4.78, 5) is 9.55. The second kappa shape index (κ2) is 6.40. The molecule has 2 aliphatic rings. The van der Waals surface area contributed by atoms with E-state index in [0.717, 1.165) is 64.5 Å². The maximum Gasteiger partial charge on any atom is 0.160 e. The molecule has 27 heavy (non-hydrogen) atoms. The molecule has 9 heteroatoms. The van der Waals surface area contributed by atoms with E-state index in [4.69, 9.17) is 19.8 Å². The van der Waals surface area contributed by atoms with Gasteiger partial charge >= 0.3 is 0 Å². The smallest absolute Gasteiger partial charge is 0.160 e. The van der Waals surface area contributed by atoms with Gasteiger partial charge in [0.1, 0.15) is 20.6 Å². The number of aromatic nitrogens is 6. The van der Waals surface area contributed by atoms with Gasteiger partial charge in [-0.15, -0.1) is 0 Å². The summed E-state index contributed by atoms with van der Waals surface area (Å²) in [7, 11) is 0. The average Bonchev–Trinajstić information content (AvgIpc) is 3.01. The molecule has 0 spiro atoms. The lowest BCUT2D eigenvalue weighted by Gasteiger charge is -2.22. The maximum absolute atomic E-state index is 5.46. The van der Waals surface area contributed by atoms with Gasteiger partial charge in [-0.2, -0.15) is 10.2 Å². The first-order valence-corrected chi connectivity index (χ1v) is 10.4. The first-order chi connectivity index (χ1) is 13.0. The molecule has 0 aromatic carbocycles. The van der Waals surface area contributed by atoms with E-state index in [2.05, 4.69) is 62.8 Å². The van der Waals surface area contributed by atoms with Gasteiger partial charge in [-0.3, -0.25) is 9.78 Å². The topological polar surface area (TPSA) is 93.5 Å². The van der Waals surface area contributed by atoms with Gasteiger partial charge in [0.25, 0.3) is 0 Å². The quantitative estimate of drug-likeness (QED) is 0.554. The van der Waals surface area contributed by atoms with Crippen molar-refractivity contribution in [3.8, 4) is 0 Å². The number of hydrogen-bond acceptors (Lipinski definition) is 6. The highest BCUT2D eigenvalue weighted by atomic mass is 127. The second-order valence-corrected chi connectivity index (χ2v) is 9.11. The van der Waals surface area contributed by atoms with Gasteiger partial charge in [-0.1, -0.05) is 13.8 Å². The predicted molar refractivity (Wildman–Crippen MR) is 110 cm³/mol. The SMILES string of the molecule is CC1(C)CC1c1nc(Nc2cn(C3CCOCC3)nc2I)c2[nH]ncc2n1. The molecule has 1 aliphatic carbocycles. The van der Waals surface area contributed by atoms with Crippen LogP contribution in [0.2, 0.25) is 0 Å². The number of aromatic amines is 1. The number of fused-ring (bicyclic) bond motifs is 1. The standard InChI is InChI=1S/C18H22IN7O/c1-18(2)7-11(18)16-21-12-8-20-24-14(12)17(23-16)22-13-9-26(25-15(13)19)10-3-5-27-6-4-10/h8-11H,3-7H2,1-2H3,(H,20,24)(H,21,22,23). The van der Waals surface area contributed by atoms with Crippen molar-refractivity contribution in [2.45, 2.75) is 45.1 Å². The van der Waals surface area contributed by atoms with Gasteiger partial charge in [-0.05, 0) is 47.3 Å². The molecule has 142 valence electrons. The lowest BCUT2D eigenvalue weighted by molar-refractivity contribution is 0.0661. The number of nitrogens with one attached hydrogen (secondary N) is 2. The first-order valence-electron chi connectivity index (χ1n) is 9.32. The molecule has 3 aromatic heterocycles. The number of nitrogens with zero attached hydrogens (tertiary/aromatic N) is 5. The summed E-state index contributed by atoms with van der Waals surface area (Å²) in [5, 5.41) is 15.4. The largest absolute Gasteiger partial charge is 0.381 e. The lowest BCUT2D eigenvalue weighted by atomic mass is 10.1. The summed E-state index contributed by atoms with van der Waals surface area (Å²) in [6, 6.07) is 0.392. The number of H-pyrrole nitrogens is 1. The van der Waals surface area contributed by atoms with E-state index in [9.17, 15) is 0 Å². The third-order valence-electron chi connectivity index (χ3n) is 5.65. The minimum Gasteiger partial charge on any atom is -0.381 e. The van der Waals surface area contributed by atoms with Crippen LogP contribution in [0.4, 0.5) is 11.5 Å². The Bertz CT molecular complexity index is 989. The molecule has 1 aliphatic heterocycles. The van der Waals surface area contributed by atoms with Crippen molar-refractivity contribution < 1.29 is 4.74 Å². The van der Waals surface area contributed by atoms with Gasteiger partial charge in [0, 0.05) is 25.3 Å². The minimum absolute atomic E-state index is 0.275. The van der Waals surface area contributed by atoms with Crippen LogP contribution in [-0.2, 0) is 4.74 Å². The van der Waals surface area contributed by atoms with Gasteiger partial charge in [0.2, 0.25) is 0 Å². The molecule has 1 saturated heterocycles. The van der Waals surface area contributed by atoms with Crippen LogP contribution >= 0.6 is 22.6 Å². The molecule has 0 amide bonds. The molecular formula is C18H22IN7O. The van der Waals surface area contributed by atoms with Crippen molar-refractivity contribution in [1.29, 1.82) is 0 Å². The van der Waals surface area contributed by atoms with E-state index < -0.39 is 0 Å². The van der Waals surface area contributed by atoms with Crippen LogP contribution < -0.4 is 5.32 Å². The lowest BCUT2D eigenvalue weighted by Crippen LogP contribution is -2.19.